The quantitative estimate of drug-likeness (QED) is 0.735. The van der Waals surface area contributed by atoms with Crippen LogP contribution in [0.2, 0.25) is 0 Å². The van der Waals surface area contributed by atoms with Gasteiger partial charge in [0.25, 0.3) is 5.91 Å². The number of rotatable bonds is 4. The highest BCUT2D eigenvalue weighted by atomic mass is 16.5. The number of ether oxygens (including phenoxy) is 1. The molecule has 3 heterocycles. The second-order valence-electron chi connectivity index (χ2n) is 5.76. The summed E-state index contributed by atoms with van der Waals surface area (Å²) in [7, 11) is 1.59. The predicted molar refractivity (Wildman–Crippen MR) is 101 cm³/mol. The number of benzene rings is 1. The van der Waals surface area contributed by atoms with E-state index in [-0.39, 0.29) is 11.9 Å². The fraction of sp³-hybridized carbons (Fsp3) is 0.0526. The largest absolute Gasteiger partial charge is 0.497 e. The van der Waals surface area contributed by atoms with Crippen LogP contribution >= 0.6 is 0 Å². The van der Waals surface area contributed by atoms with Gasteiger partial charge in [-0.3, -0.25) is 4.79 Å². The molecule has 0 fully saturated rings. The fourth-order valence-electron chi connectivity index (χ4n) is 2.72. The van der Waals surface area contributed by atoms with Gasteiger partial charge < -0.3 is 15.8 Å². The topological polar surface area (TPSA) is 117 Å². The van der Waals surface area contributed by atoms with E-state index in [4.69, 9.17) is 10.5 Å². The molecule has 1 aliphatic rings. The number of nitrogens with zero attached hydrogens (tertiary/aromatic N) is 4. The molecule has 8 heteroatoms. The molecule has 1 radical (unpaired) electrons. The minimum atomic E-state index is -0.356. The van der Waals surface area contributed by atoms with Crippen LogP contribution in [0.4, 0.5) is 17.5 Å². The molecule has 1 aliphatic heterocycles. The van der Waals surface area contributed by atoms with Crippen LogP contribution in [0.15, 0.2) is 48.9 Å². The molecule has 0 bridgehead atoms. The molecule has 0 aliphatic carbocycles. The Hall–Kier alpha value is -3.94. The third-order valence-corrected chi connectivity index (χ3v) is 4.01. The highest BCUT2D eigenvalue weighted by Crippen LogP contribution is 2.30. The van der Waals surface area contributed by atoms with E-state index in [0.29, 0.717) is 34.0 Å². The number of anilines is 3. The maximum atomic E-state index is 12.3. The Kier molecular flexibility index (Phi) is 4.13. The molecule has 3 N–H and O–H groups in total. The van der Waals surface area contributed by atoms with E-state index in [2.05, 4.69) is 25.6 Å². The Balaban J connectivity index is 1.83. The summed E-state index contributed by atoms with van der Waals surface area (Å²) < 4.78 is 5.25. The zero-order valence-electron chi connectivity index (χ0n) is 14.4. The minimum absolute atomic E-state index is 0.181. The van der Waals surface area contributed by atoms with Gasteiger partial charge in [-0.25, -0.2) is 20.3 Å². The van der Waals surface area contributed by atoms with Crippen LogP contribution in [0.5, 0.6) is 5.75 Å². The number of aromatic nitrogens is 3. The highest BCUT2D eigenvalue weighted by Gasteiger charge is 2.22. The molecule has 0 unspecified atom stereocenters. The third-order valence-electron chi connectivity index (χ3n) is 4.01. The van der Waals surface area contributed by atoms with Gasteiger partial charge in [-0.1, -0.05) is 6.07 Å². The number of fused-ring (bicyclic) bond motifs is 1. The summed E-state index contributed by atoms with van der Waals surface area (Å²) in [4.78, 5) is 25.0. The van der Waals surface area contributed by atoms with Crippen molar-refractivity contribution in [3.05, 3.63) is 60.1 Å². The smallest absolute Gasteiger partial charge is 0.281 e. The van der Waals surface area contributed by atoms with E-state index in [0.717, 1.165) is 5.69 Å². The van der Waals surface area contributed by atoms with Crippen LogP contribution in [0.25, 0.3) is 17.3 Å². The number of pyridine rings is 1. The number of carbonyl (C=O) groups excluding carboxylic acids is 1. The molecule has 8 nitrogen and oxygen atoms in total. The lowest BCUT2D eigenvalue weighted by Gasteiger charge is -2.17. The molecule has 133 valence electrons. The summed E-state index contributed by atoms with van der Waals surface area (Å²) in [6.07, 6.45) is 6.41. The Morgan fingerprint density at radius 2 is 1.96 bits per heavy atom. The lowest BCUT2D eigenvalue weighted by molar-refractivity contribution is 0.0965. The van der Waals surface area contributed by atoms with Gasteiger partial charge in [0.15, 0.2) is 0 Å². The predicted octanol–water partition coefficient (Wildman–Crippen LogP) is 2.60. The van der Waals surface area contributed by atoms with Crippen LogP contribution in [0.1, 0.15) is 15.9 Å². The molecule has 0 spiro atoms. The standard InChI is InChI=1S/C19H15N6O2/c1-27-14-4-2-3-13(8-14)24-17-16-11(5-6-21-18(16)26)7-15(25-17)12-9-22-19(20)23-10-12/h2-10H,1H3,(H,24,25)(H2,20,22,23). The van der Waals surface area contributed by atoms with Gasteiger partial charge in [-0.15, -0.1) is 0 Å². The van der Waals surface area contributed by atoms with Crippen molar-refractivity contribution >= 4 is 29.4 Å². The SMILES string of the molecule is COc1cccc(Nc2nc(-c3cnc(N)nc3)cc3c2C(=O)[N]C=C3)c1. The zero-order chi connectivity index (χ0) is 18.8. The van der Waals surface area contributed by atoms with Crippen molar-refractivity contribution in [2.45, 2.75) is 0 Å². The molecule has 27 heavy (non-hydrogen) atoms. The summed E-state index contributed by atoms with van der Waals surface area (Å²) in [6, 6.07) is 9.14. The average Bonchev–Trinajstić information content (AvgIpc) is 2.68. The van der Waals surface area contributed by atoms with E-state index >= 15 is 0 Å². The normalized spacial score (nSPS) is 12.3. The average molecular weight is 359 g/mol. The molecule has 2 aromatic heterocycles. The number of methoxy groups -OCH3 is 1. The van der Waals surface area contributed by atoms with Gasteiger partial charge in [0.1, 0.15) is 11.6 Å². The number of amides is 1. The summed E-state index contributed by atoms with van der Waals surface area (Å²) in [5.41, 5.74) is 8.70. The second kappa shape index (κ2) is 6.75. The van der Waals surface area contributed by atoms with Gasteiger partial charge >= 0.3 is 0 Å². The lowest BCUT2D eigenvalue weighted by Crippen LogP contribution is -2.18. The Labute approximate surface area is 155 Å². The molecule has 3 aromatic rings. The van der Waals surface area contributed by atoms with Gasteiger partial charge in [-0.05, 0) is 29.8 Å². The van der Waals surface area contributed by atoms with Crippen LogP contribution < -0.4 is 21.1 Å². The summed E-state index contributed by atoms with van der Waals surface area (Å²) in [5.74, 6) is 0.907. The number of nitrogens with two attached hydrogens (primary N) is 1. The molecule has 1 aromatic carbocycles. The number of nitrogens with one attached hydrogen (secondary N) is 1. The first kappa shape index (κ1) is 16.5. The minimum Gasteiger partial charge on any atom is -0.497 e. The molecular weight excluding hydrogens is 344 g/mol. The van der Waals surface area contributed by atoms with Gasteiger partial charge in [0.2, 0.25) is 5.95 Å². The Bertz CT molecular complexity index is 1050. The molecule has 0 saturated heterocycles. The van der Waals surface area contributed by atoms with Gasteiger partial charge in [0.05, 0.1) is 18.4 Å². The van der Waals surface area contributed by atoms with Crippen LogP contribution in [0.3, 0.4) is 0 Å². The number of hydrogen-bond acceptors (Lipinski definition) is 7. The molecule has 4 rings (SSSR count). The number of carbonyl (C=O) groups is 1. The van der Waals surface area contributed by atoms with Crippen molar-refractivity contribution in [3.63, 3.8) is 0 Å². The van der Waals surface area contributed by atoms with E-state index in [1.165, 1.54) is 6.20 Å². The van der Waals surface area contributed by atoms with E-state index in [1.54, 1.807) is 31.6 Å². The van der Waals surface area contributed by atoms with E-state index in [1.807, 2.05) is 24.3 Å². The van der Waals surface area contributed by atoms with Crippen molar-refractivity contribution < 1.29 is 9.53 Å². The monoisotopic (exact) mass is 359 g/mol. The first-order valence-electron chi connectivity index (χ1n) is 8.10. The van der Waals surface area contributed by atoms with Crippen molar-refractivity contribution in [2.75, 3.05) is 18.2 Å². The van der Waals surface area contributed by atoms with Crippen molar-refractivity contribution in [3.8, 4) is 17.0 Å². The maximum absolute atomic E-state index is 12.3. The van der Waals surface area contributed by atoms with E-state index in [9.17, 15) is 4.79 Å². The number of nitrogen functional groups attached to an aromatic ring is 1. The van der Waals surface area contributed by atoms with Crippen molar-refractivity contribution in [1.29, 1.82) is 0 Å². The van der Waals surface area contributed by atoms with Crippen LogP contribution in [0, 0.1) is 0 Å². The molecule has 1 amide bonds. The second-order valence-corrected chi connectivity index (χ2v) is 5.76. The van der Waals surface area contributed by atoms with Crippen molar-refractivity contribution in [1.82, 2.24) is 20.3 Å². The molecule has 0 saturated carbocycles. The summed E-state index contributed by atoms with van der Waals surface area (Å²) in [5, 5.41) is 7.04. The maximum Gasteiger partial charge on any atom is 0.281 e. The lowest BCUT2D eigenvalue weighted by atomic mass is 10.0. The first-order chi connectivity index (χ1) is 13.1. The van der Waals surface area contributed by atoms with Crippen LogP contribution in [-0.4, -0.2) is 28.0 Å². The molecular formula is C19H15N6O2. The van der Waals surface area contributed by atoms with E-state index < -0.39 is 0 Å². The fourth-order valence-corrected chi connectivity index (χ4v) is 2.72. The zero-order valence-corrected chi connectivity index (χ0v) is 14.4. The molecule has 0 atom stereocenters. The highest BCUT2D eigenvalue weighted by molar-refractivity contribution is 6.05. The summed E-state index contributed by atoms with van der Waals surface area (Å²) in [6.45, 7) is 0. The van der Waals surface area contributed by atoms with Crippen molar-refractivity contribution in [2.24, 2.45) is 0 Å². The summed E-state index contributed by atoms with van der Waals surface area (Å²) >= 11 is 0. The van der Waals surface area contributed by atoms with Gasteiger partial charge in [0, 0.05) is 35.9 Å². The van der Waals surface area contributed by atoms with Crippen LogP contribution in [-0.2, 0) is 0 Å². The first-order valence-corrected chi connectivity index (χ1v) is 8.10. The number of hydrogen-bond donors (Lipinski definition) is 2. The Morgan fingerprint density at radius 1 is 1.15 bits per heavy atom. The Morgan fingerprint density at radius 3 is 2.74 bits per heavy atom. The van der Waals surface area contributed by atoms with Gasteiger partial charge in [-0.2, -0.15) is 0 Å². The third kappa shape index (κ3) is 3.28.